The number of allylic oxidation sites excluding steroid dienone is 3. The lowest BCUT2D eigenvalue weighted by Gasteiger charge is -1.86. The Labute approximate surface area is 80.8 Å². The molecule has 0 amide bonds. The first-order chi connectivity index (χ1) is 4.16. The molecule has 0 fully saturated rings. The van der Waals surface area contributed by atoms with Crippen LogP contribution in [0, 0.1) is 0 Å². The quantitative estimate of drug-likeness (QED) is 0.666. The summed E-state index contributed by atoms with van der Waals surface area (Å²) in [5.41, 5.74) is 0. The van der Waals surface area contributed by atoms with Gasteiger partial charge in [0.05, 0.1) is 3.39 Å². The van der Waals surface area contributed by atoms with Crippen LogP contribution in [0.5, 0.6) is 0 Å². The van der Waals surface area contributed by atoms with E-state index in [1.54, 1.807) is 0 Å². The van der Waals surface area contributed by atoms with Gasteiger partial charge in [-0.15, -0.1) is 0 Å². The van der Waals surface area contributed by atoms with E-state index in [1.807, 2.05) is 6.08 Å². The Kier molecular flexibility index (Phi) is 6.27. The largest absolute Gasteiger partial charge is 0.0705 e. The van der Waals surface area contributed by atoms with Crippen molar-refractivity contribution in [3.05, 3.63) is 20.0 Å². The van der Waals surface area contributed by atoms with Crippen LogP contribution >= 0.6 is 47.8 Å². The average molecular weight is 319 g/mol. The molecular weight excluding hydrogens is 312 g/mol. The Bertz CT molecular complexity index is 131. The summed E-state index contributed by atoms with van der Waals surface area (Å²) < 4.78 is 2.04. The Hall–Kier alpha value is 0.920. The summed E-state index contributed by atoms with van der Waals surface area (Å²) in [4.78, 5) is 0. The van der Waals surface area contributed by atoms with Crippen LogP contribution in [0.25, 0.3) is 0 Å². The molecule has 52 valence electrons. The second kappa shape index (κ2) is 5.69. The molecule has 0 aliphatic carbocycles. The highest BCUT2D eigenvalue weighted by atomic mass is 79.9. The van der Waals surface area contributed by atoms with Crippen molar-refractivity contribution in [2.24, 2.45) is 0 Å². The minimum atomic E-state index is 0.951. The van der Waals surface area contributed by atoms with Crippen molar-refractivity contribution < 1.29 is 0 Å². The van der Waals surface area contributed by atoms with Crippen molar-refractivity contribution in [3.63, 3.8) is 0 Å². The normalized spacial score (nSPS) is 11.3. The molecule has 9 heavy (non-hydrogen) atoms. The molecule has 3 heteroatoms. The standard InChI is InChI=1S/C6H7Br3/c1-2-3-5(7)4-6(8)9/h3-4H,2H2,1H3. The molecule has 0 rings (SSSR count). The zero-order valence-corrected chi connectivity index (χ0v) is 9.75. The van der Waals surface area contributed by atoms with Crippen LogP contribution in [0.4, 0.5) is 0 Å². The third kappa shape index (κ3) is 6.81. The minimum absolute atomic E-state index is 0.951. The molecule has 0 radical (unpaired) electrons. The maximum atomic E-state index is 3.36. The molecule has 0 saturated heterocycles. The summed E-state index contributed by atoms with van der Waals surface area (Å²) >= 11 is 9.87. The summed E-state index contributed by atoms with van der Waals surface area (Å²) in [7, 11) is 0. The maximum Gasteiger partial charge on any atom is 0.0615 e. The fraction of sp³-hybridized carbons (Fsp3) is 0.333. The van der Waals surface area contributed by atoms with Crippen LogP contribution in [-0.4, -0.2) is 0 Å². The Morgan fingerprint density at radius 2 is 1.89 bits per heavy atom. The fourth-order valence-corrected chi connectivity index (χ4v) is 2.02. The first-order valence-corrected chi connectivity index (χ1v) is 4.93. The van der Waals surface area contributed by atoms with Crippen LogP contribution in [0.1, 0.15) is 13.3 Å². The molecule has 0 aromatic carbocycles. The van der Waals surface area contributed by atoms with Gasteiger partial charge >= 0.3 is 0 Å². The molecule has 0 unspecified atom stereocenters. The van der Waals surface area contributed by atoms with E-state index >= 15 is 0 Å². The van der Waals surface area contributed by atoms with E-state index in [4.69, 9.17) is 0 Å². The van der Waals surface area contributed by atoms with E-state index in [2.05, 4.69) is 60.8 Å². The maximum absolute atomic E-state index is 3.36. The monoisotopic (exact) mass is 316 g/mol. The first kappa shape index (κ1) is 9.92. The molecule has 0 nitrogen and oxygen atoms in total. The van der Waals surface area contributed by atoms with Crippen molar-refractivity contribution in [1.29, 1.82) is 0 Å². The van der Waals surface area contributed by atoms with Crippen LogP contribution in [0.15, 0.2) is 20.0 Å². The van der Waals surface area contributed by atoms with E-state index < -0.39 is 0 Å². The molecular formula is C6H7Br3. The summed E-state index contributed by atoms with van der Waals surface area (Å²) in [5, 5.41) is 0. The van der Waals surface area contributed by atoms with Gasteiger partial charge in [-0.05, 0) is 44.4 Å². The van der Waals surface area contributed by atoms with Gasteiger partial charge in [0.1, 0.15) is 0 Å². The van der Waals surface area contributed by atoms with E-state index in [1.165, 1.54) is 0 Å². The molecule has 0 aromatic rings. The molecule has 0 aromatic heterocycles. The van der Waals surface area contributed by atoms with E-state index in [9.17, 15) is 0 Å². The molecule has 0 bridgehead atoms. The molecule has 0 aliphatic rings. The van der Waals surface area contributed by atoms with Crippen molar-refractivity contribution in [1.82, 2.24) is 0 Å². The third-order valence-corrected chi connectivity index (χ3v) is 1.66. The Morgan fingerprint density at radius 1 is 1.33 bits per heavy atom. The zero-order chi connectivity index (χ0) is 7.28. The number of rotatable bonds is 2. The molecule has 0 heterocycles. The van der Waals surface area contributed by atoms with Gasteiger partial charge in [-0.1, -0.05) is 28.9 Å². The lowest BCUT2D eigenvalue weighted by atomic mass is 10.4. The van der Waals surface area contributed by atoms with Crippen LogP contribution in [0.3, 0.4) is 0 Å². The molecule has 0 N–H and O–H groups in total. The van der Waals surface area contributed by atoms with Gasteiger partial charge < -0.3 is 0 Å². The lowest BCUT2D eigenvalue weighted by Crippen LogP contribution is -1.61. The van der Waals surface area contributed by atoms with Crippen molar-refractivity contribution in [3.8, 4) is 0 Å². The van der Waals surface area contributed by atoms with Gasteiger partial charge in [0.2, 0.25) is 0 Å². The zero-order valence-electron chi connectivity index (χ0n) is 5.00. The third-order valence-electron chi connectivity index (χ3n) is 0.646. The number of halogens is 3. The summed E-state index contributed by atoms with van der Waals surface area (Å²) in [6.45, 7) is 2.09. The first-order valence-electron chi connectivity index (χ1n) is 2.55. The Balaban J connectivity index is 3.90. The molecule has 0 spiro atoms. The van der Waals surface area contributed by atoms with Crippen LogP contribution in [-0.2, 0) is 0 Å². The second-order valence-electron chi connectivity index (χ2n) is 1.43. The topological polar surface area (TPSA) is 0 Å². The van der Waals surface area contributed by atoms with Crippen molar-refractivity contribution in [2.75, 3.05) is 0 Å². The lowest BCUT2D eigenvalue weighted by molar-refractivity contribution is 1.22. The highest BCUT2D eigenvalue weighted by Crippen LogP contribution is 2.19. The van der Waals surface area contributed by atoms with Gasteiger partial charge in [-0.25, -0.2) is 0 Å². The van der Waals surface area contributed by atoms with E-state index in [0.717, 1.165) is 14.3 Å². The van der Waals surface area contributed by atoms with Gasteiger partial charge in [0, 0.05) is 4.48 Å². The van der Waals surface area contributed by atoms with Crippen molar-refractivity contribution >= 4 is 47.8 Å². The highest BCUT2D eigenvalue weighted by Gasteiger charge is 1.84. The van der Waals surface area contributed by atoms with Crippen LogP contribution in [0.2, 0.25) is 0 Å². The molecule has 0 atom stereocenters. The second-order valence-corrected chi connectivity index (χ2v) is 5.12. The SMILES string of the molecule is CCC=C(Br)C=C(Br)Br. The van der Waals surface area contributed by atoms with Crippen LogP contribution < -0.4 is 0 Å². The van der Waals surface area contributed by atoms with E-state index in [0.29, 0.717) is 0 Å². The summed E-state index contributed by atoms with van der Waals surface area (Å²) in [5.74, 6) is 0. The Morgan fingerprint density at radius 3 is 2.22 bits per heavy atom. The van der Waals surface area contributed by atoms with Gasteiger partial charge in [0.25, 0.3) is 0 Å². The van der Waals surface area contributed by atoms with Gasteiger partial charge in [-0.3, -0.25) is 0 Å². The van der Waals surface area contributed by atoms with E-state index in [-0.39, 0.29) is 0 Å². The fourth-order valence-electron chi connectivity index (χ4n) is 0.358. The number of hydrogen-bond donors (Lipinski definition) is 0. The van der Waals surface area contributed by atoms with Gasteiger partial charge in [0.15, 0.2) is 0 Å². The average Bonchev–Trinajstić information content (AvgIpc) is 1.63. The molecule has 0 aliphatic heterocycles. The smallest absolute Gasteiger partial charge is 0.0615 e. The molecule has 0 saturated carbocycles. The van der Waals surface area contributed by atoms with Crippen molar-refractivity contribution in [2.45, 2.75) is 13.3 Å². The predicted molar refractivity (Wildman–Crippen MR) is 53.2 cm³/mol. The number of hydrogen-bond acceptors (Lipinski definition) is 0. The summed E-state index contributed by atoms with van der Waals surface area (Å²) in [6.07, 6.45) is 5.08. The summed E-state index contributed by atoms with van der Waals surface area (Å²) in [6, 6.07) is 0. The van der Waals surface area contributed by atoms with Gasteiger partial charge in [-0.2, -0.15) is 0 Å². The predicted octanol–water partition coefficient (Wildman–Crippen LogP) is 4.31. The highest BCUT2D eigenvalue weighted by molar-refractivity contribution is 9.28. The minimum Gasteiger partial charge on any atom is -0.0705 e.